The van der Waals surface area contributed by atoms with E-state index in [0.29, 0.717) is 6.54 Å². The Morgan fingerprint density at radius 1 is 1.19 bits per heavy atom. The number of halogens is 2. The van der Waals surface area contributed by atoms with E-state index in [1.165, 1.54) is 6.07 Å². The summed E-state index contributed by atoms with van der Waals surface area (Å²) in [6.07, 6.45) is 0.798. The van der Waals surface area contributed by atoms with Crippen molar-refractivity contribution in [1.82, 2.24) is 0 Å². The van der Waals surface area contributed by atoms with E-state index < -0.39 is 11.6 Å². The van der Waals surface area contributed by atoms with Crippen molar-refractivity contribution in [2.24, 2.45) is 0 Å². The lowest BCUT2D eigenvalue weighted by Crippen LogP contribution is -2.33. The van der Waals surface area contributed by atoms with Crippen LogP contribution in [0.2, 0.25) is 0 Å². The third-order valence-corrected chi connectivity index (χ3v) is 3.43. The van der Waals surface area contributed by atoms with Gasteiger partial charge in [0.25, 0.3) is 5.91 Å². The van der Waals surface area contributed by atoms with Gasteiger partial charge in [0.1, 0.15) is 5.82 Å². The summed E-state index contributed by atoms with van der Waals surface area (Å²) < 4.78 is 31.4. The van der Waals surface area contributed by atoms with E-state index in [2.05, 4.69) is 0 Å². The molecule has 0 N–H and O–H groups in total. The molecule has 1 heterocycles. The van der Waals surface area contributed by atoms with Crippen molar-refractivity contribution < 1.29 is 18.3 Å². The lowest BCUT2D eigenvalue weighted by atomic mass is 10.2. The summed E-state index contributed by atoms with van der Waals surface area (Å²) in [5.74, 6) is -1.87. The molecule has 5 heteroatoms. The number of fused-ring (bicyclic) bond motifs is 1. The summed E-state index contributed by atoms with van der Waals surface area (Å²) >= 11 is 0. The highest BCUT2D eigenvalue weighted by Gasteiger charge is 2.24. The fourth-order valence-corrected chi connectivity index (χ4v) is 2.41. The number of carbonyl (C=O) groups is 1. The van der Waals surface area contributed by atoms with Gasteiger partial charge in [-0.3, -0.25) is 4.79 Å². The molecule has 3 rings (SSSR count). The Kier molecular flexibility index (Phi) is 3.56. The Morgan fingerprint density at radius 3 is 2.81 bits per heavy atom. The molecule has 2 aromatic rings. The molecule has 1 aliphatic heterocycles. The average molecular weight is 289 g/mol. The van der Waals surface area contributed by atoms with Gasteiger partial charge in [0.05, 0.1) is 0 Å². The molecule has 0 aromatic heterocycles. The van der Waals surface area contributed by atoms with Crippen LogP contribution < -0.4 is 9.64 Å². The van der Waals surface area contributed by atoms with Crippen molar-refractivity contribution in [3.63, 3.8) is 0 Å². The molecule has 0 spiro atoms. The summed E-state index contributed by atoms with van der Waals surface area (Å²) in [5.41, 5.74) is 1.98. The van der Waals surface area contributed by atoms with Crippen molar-refractivity contribution in [3.05, 3.63) is 59.7 Å². The number of nitrogens with zero attached hydrogens (tertiary/aromatic N) is 1. The van der Waals surface area contributed by atoms with Crippen LogP contribution in [0.1, 0.15) is 5.56 Å². The SMILES string of the molecule is O=C(COc1ccc(F)cc1F)N1CCc2ccccc21. The molecule has 108 valence electrons. The third-order valence-electron chi connectivity index (χ3n) is 3.43. The molecule has 0 saturated heterocycles. The average Bonchev–Trinajstić information content (AvgIpc) is 2.90. The molecule has 0 saturated carbocycles. The van der Waals surface area contributed by atoms with Gasteiger partial charge in [0.2, 0.25) is 0 Å². The van der Waals surface area contributed by atoms with Gasteiger partial charge in [-0.2, -0.15) is 0 Å². The molecule has 0 aliphatic carbocycles. The van der Waals surface area contributed by atoms with Crippen molar-refractivity contribution in [2.75, 3.05) is 18.1 Å². The number of rotatable bonds is 3. The van der Waals surface area contributed by atoms with Gasteiger partial charge in [-0.15, -0.1) is 0 Å². The van der Waals surface area contributed by atoms with Crippen molar-refractivity contribution in [1.29, 1.82) is 0 Å². The maximum atomic E-state index is 13.4. The van der Waals surface area contributed by atoms with Crippen LogP contribution in [-0.2, 0) is 11.2 Å². The number of amides is 1. The Balaban J connectivity index is 1.68. The van der Waals surface area contributed by atoms with Crippen LogP contribution in [0.4, 0.5) is 14.5 Å². The van der Waals surface area contributed by atoms with Crippen LogP contribution in [0.3, 0.4) is 0 Å². The topological polar surface area (TPSA) is 29.5 Å². The van der Waals surface area contributed by atoms with Gasteiger partial charge >= 0.3 is 0 Å². The van der Waals surface area contributed by atoms with Gasteiger partial charge in [-0.25, -0.2) is 8.78 Å². The first-order valence-electron chi connectivity index (χ1n) is 6.61. The minimum absolute atomic E-state index is 0.128. The predicted octanol–water partition coefficient (Wildman–Crippen LogP) is 2.93. The maximum Gasteiger partial charge on any atom is 0.264 e. The Labute approximate surface area is 120 Å². The number of benzene rings is 2. The van der Waals surface area contributed by atoms with Gasteiger partial charge in [-0.1, -0.05) is 18.2 Å². The van der Waals surface area contributed by atoms with E-state index in [1.807, 2.05) is 24.3 Å². The molecular weight excluding hydrogens is 276 g/mol. The molecular formula is C16H13F2NO2. The highest BCUT2D eigenvalue weighted by atomic mass is 19.1. The van der Waals surface area contributed by atoms with Crippen molar-refractivity contribution in [2.45, 2.75) is 6.42 Å². The predicted molar refractivity (Wildman–Crippen MR) is 74.4 cm³/mol. The zero-order chi connectivity index (χ0) is 14.8. The highest BCUT2D eigenvalue weighted by Crippen LogP contribution is 2.27. The van der Waals surface area contributed by atoms with Gasteiger partial charge in [0, 0.05) is 18.3 Å². The summed E-state index contributed by atoms with van der Waals surface area (Å²) in [5, 5.41) is 0. The molecule has 1 aliphatic rings. The normalized spacial score (nSPS) is 13.1. The summed E-state index contributed by atoms with van der Waals surface area (Å²) in [7, 11) is 0. The molecule has 21 heavy (non-hydrogen) atoms. The van der Waals surface area contributed by atoms with E-state index in [4.69, 9.17) is 4.74 Å². The van der Waals surface area contributed by atoms with E-state index in [-0.39, 0.29) is 18.3 Å². The van der Waals surface area contributed by atoms with Gasteiger partial charge < -0.3 is 9.64 Å². The summed E-state index contributed by atoms with van der Waals surface area (Å²) in [6.45, 7) is 0.310. The second-order valence-electron chi connectivity index (χ2n) is 4.79. The number of hydrogen-bond donors (Lipinski definition) is 0. The van der Waals surface area contributed by atoms with Crippen LogP contribution >= 0.6 is 0 Å². The lowest BCUT2D eigenvalue weighted by Gasteiger charge is -2.17. The van der Waals surface area contributed by atoms with E-state index in [0.717, 1.165) is 29.8 Å². The summed E-state index contributed by atoms with van der Waals surface area (Å²) in [6, 6.07) is 10.6. The maximum absolute atomic E-state index is 13.4. The first-order chi connectivity index (χ1) is 10.1. The molecule has 2 aromatic carbocycles. The molecule has 0 fully saturated rings. The molecule has 0 radical (unpaired) electrons. The Hall–Kier alpha value is -2.43. The van der Waals surface area contributed by atoms with E-state index in [9.17, 15) is 13.6 Å². The van der Waals surface area contributed by atoms with Crippen LogP contribution in [0.25, 0.3) is 0 Å². The molecule has 0 bridgehead atoms. The number of anilines is 1. The fourth-order valence-electron chi connectivity index (χ4n) is 2.41. The number of carbonyl (C=O) groups excluding carboxylic acids is 1. The highest BCUT2D eigenvalue weighted by molar-refractivity contribution is 5.96. The second-order valence-corrected chi connectivity index (χ2v) is 4.79. The largest absolute Gasteiger partial charge is 0.481 e. The molecule has 3 nitrogen and oxygen atoms in total. The second kappa shape index (κ2) is 5.52. The summed E-state index contributed by atoms with van der Waals surface area (Å²) in [4.78, 5) is 13.8. The Morgan fingerprint density at radius 2 is 2.00 bits per heavy atom. The lowest BCUT2D eigenvalue weighted by molar-refractivity contribution is -0.120. The monoisotopic (exact) mass is 289 g/mol. The number of ether oxygens (including phenoxy) is 1. The van der Waals surface area contributed by atoms with Crippen LogP contribution in [0.15, 0.2) is 42.5 Å². The zero-order valence-corrected chi connectivity index (χ0v) is 11.2. The zero-order valence-electron chi connectivity index (χ0n) is 11.2. The smallest absolute Gasteiger partial charge is 0.264 e. The van der Waals surface area contributed by atoms with Gasteiger partial charge in [0.15, 0.2) is 18.2 Å². The fraction of sp³-hybridized carbons (Fsp3) is 0.188. The third kappa shape index (κ3) is 2.72. The standard InChI is InChI=1S/C16H13F2NO2/c17-12-5-6-15(13(18)9-12)21-10-16(20)19-8-7-11-3-1-2-4-14(11)19/h1-6,9H,7-8,10H2. The first kappa shape index (κ1) is 13.5. The van der Waals surface area contributed by atoms with Gasteiger partial charge in [-0.05, 0) is 30.2 Å². The quantitative estimate of drug-likeness (QED) is 0.869. The molecule has 0 atom stereocenters. The van der Waals surface area contributed by atoms with Crippen molar-refractivity contribution >= 4 is 11.6 Å². The number of hydrogen-bond acceptors (Lipinski definition) is 2. The molecule has 1 amide bonds. The number of para-hydroxylation sites is 1. The molecule has 0 unspecified atom stereocenters. The Bertz CT molecular complexity index is 688. The van der Waals surface area contributed by atoms with E-state index in [1.54, 1.807) is 4.90 Å². The van der Waals surface area contributed by atoms with Crippen molar-refractivity contribution in [3.8, 4) is 5.75 Å². The van der Waals surface area contributed by atoms with Crippen LogP contribution in [-0.4, -0.2) is 19.1 Å². The minimum atomic E-state index is -0.815. The van der Waals surface area contributed by atoms with Crippen LogP contribution in [0, 0.1) is 11.6 Å². The minimum Gasteiger partial charge on any atom is -0.481 e. The van der Waals surface area contributed by atoms with E-state index >= 15 is 0 Å². The van der Waals surface area contributed by atoms with Crippen LogP contribution in [0.5, 0.6) is 5.75 Å². The first-order valence-corrected chi connectivity index (χ1v) is 6.61.